The second kappa shape index (κ2) is 6.17. The number of nitrogens with two attached hydrogens (primary N) is 1. The van der Waals surface area contributed by atoms with E-state index in [1.807, 2.05) is 37.2 Å². The molecule has 1 aliphatic heterocycles. The normalized spacial score (nSPS) is 15.8. The van der Waals surface area contributed by atoms with Crippen molar-refractivity contribution in [1.82, 2.24) is 0 Å². The molecule has 2 aromatic rings. The van der Waals surface area contributed by atoms with Crippen LogP contribution in [0.4, 0.5) is 11.4 Å². The summed E-state index contributed by atoms with van der Waals surface area (Å²) in [4.78, 5) is 12.3. The molecule has 1 unspecified atom stereocenters. The van der Waals surface area contributed by atoms with Gasteiger partial charge in [-0.25, -0.2) is 0 Å². The largest absolute Gasteiger partial charge is 0.440 e. The van der Waals surface area contributed by atoms with E-state index in [1.165, 1.54) is 12.1 Å². The number of nitro groups is 1. The summed E-state index contributed by atoms with van der Waals surface area (Å²) in [6, 6.07) is 13.9. The predicted octanol–water partition coefficient (Wildman–Crippen LogP) is 2.88. The van der Waals surface area contributed by atoms with Gasteiger partial charge in [-0.3, -0.25) is 10.1 Å². The van der Waals surface area contributed by atoms with Crippen molar-refractivity contribution >= 4 is 11.4 Å². The minimum atomic E-state index is -0.458. The minimum Gasteiger partial charge on any atom is -0.440 e. The summed E-state index contributed by atoms with van der Waals surface area (Å²) in [6.45, 7) is 0. The maximum atomic E-state index is 10.9. The van der Waals surface area contributed by atoms with E-state index in [4.69, 9.17) is 10.5 Å². The number of nitriles is 1. The molecule has 0 bridgehead atoms. The molecule has 0 radical (unpaired) electrons. The van der Waals surface area contributed by atoms with Gasteiger partial charge in [0.15, 0.2) is 0 Å². The smallest absolute Gasteiger partial charge is 0.269 e. The number of non-ortho nitro benzene ring substituents is 1. The third-order valence-corrected chi connectivity index (χ3v) is 4.16. The molecule has 2 aromatic carbocycles. The average molecular weight is 336 g/mol. The van der Waals surface area contributed by atoms with Crippen LogP contribution in [0, 0.1) is 21.4 Å². The molecule has 3 rings (SSSR count). The van der Waals surface area contributed by atoms with Crippen LogP contribution in [0.15, 0.2) is 53.9 Å². The van der Waals surface area contributed by atoms with E-state index in [0.29, 0.717) is 11.3 Å². The average Bonchev–Trinajstić information content (AvgIpc) is 2.60. The van der Waals surface area contributed by atoms with Gasteiger partial charge in [-0.05, 0) is 11.6 Å². The van der Waals surface area contributed by atoms with Crippen LogP contribution in [0.5, 0.6) is 5.75 Å². The number of benzene rings is 2. The Hall–Kier alpha value is -3.53. The van der Waals surface area contributed by atoms with Gasteiger partial charge in [0.1, 0.15) is 17.4 Å². The maximum absolute atomic E-state index is 10.9. The highest BCUT2D eigenvalue weighted by molar-refractivity contribution is 5.61. The molecular formula is C18H16N4O3. The zero-order chi connectivity index (χ0) is 18.1. The van der Waals surface area contributed by atoms with E-state index >= 15 is 0 Å². The molecule has 2 N–H and O–H groups in total. The molecule has 1 heterocycles. The van der Waals surface area contributed by atoms with Crippen LogP contribution in [-0.2, 0) is 0 Å². The number of hydrogen-bond donors (Lipinski definition) is 1. The lowest BCUT2D eigenvalue weighted by Gasteiger charge is -2.27. The molecule has 7 heteroatoms. The van der Waals surface area contributed by atoms with Crippen LogP contribution in [0.2, 0.25) is 0 Å². The first-order valence-electron chi connectivity index (χ1n) is 7.55. The van der Waals surface area contributed by atoms with Crippen LogP contribution >= 0.6 is 0 Å². The zero-order valence-electron chi connectivity index (χ0n) is 13.8. The molecule has 0 aliphatic carbocycles. The van der Waals surface area contributed by atoms with Gasteiger partial charge in [-0.2, -0.15) is 5.26 Å². The minimum absolute atomic E-state index is 0.00514. The summed E-state index contributed by atoms with van der Waals surface area (Å²) in [5.74, 6) is 0.200. The molecule has 0 saturated carbocycles. The van der Waals surface area contributed by atoms with Gasteiger partial charge in [0.2, 0.25) is 5.88 Å². The highest BCUT2D eigenvalue weighted by Crippen LogP contribution is 2.43. The summed E-state index contributed by atoms with van der Waals surface area (Å²) in [5, 5.41) is 20.4. The molecule has 126 valence electrons. The summed E-state index contributed by atoms with van der Waals surface area (Å²) in [7, 11) is 3.83. The summed E-state index contributed by atoms with van der Waals surface area (Å²) >= 11 is 0. The Morgan fingerprint density at radius 2 is 1.92 bits per heavy atom. The Bertz CT molecular complexity index is 911. The summed E-state index contributed by atoms with van der Waals surface area (Å²) in [6.07, 6.45) is 0. The molecule has 7 nitrogen and oxygen atoms in total. The first-order valence-corrected chi connectivity index (χ1v) is 7.55. The molecule has 0 spiro atoms. The monoisotopic (exact) mass is 336 g/mol. The number of allylic oxidation sites excluding steroid dienone is 1. The maximum Gasteiger partial charge on any atom is 0.269 e. The van der Waals surface area contributed by atoms with Crippen molar-refractivity contribution in [3.63, 3.8) is 0 Å². The van der Waals surface area contributed by atoms with Gasteiger partial charge in [0.05, 0.1) is 10.8 Å². The second-order valence-electron chi connectivity index (χ2n) is 5.89. The molecule has 0 amide bonds. The molecule has 25 heavy (non-hydrogen) atoms. The number of nitro benzene ring substituents is 1. The van der Waals surface area contributed by atoms with Crippen molar-refractivity contribution in [2.45, 2.75) is 5.92 Å². The van der Waals surface area contributed by atoms with Crippen LogP contribution in [0.25, 0.3) is 0 Å². The van der Waals surface area contributed by atoms with Crippen molar-refractivity contribution in [3.8, 4) is 11.8 Å². The standard InChI is InChI=1S/C18H16N4O3/c1-21(2)13-7-8-14-16(9-13)25-18(20)15(10-19)17(14)11-3-5-12(6-4-11)22(23)24/h3-9,17H,20H2,1-2H3. The number of nitrogens with zero attached hydrogens (tertiary/aromatic N) is 3. The number of ether oxygens (including phenoxy) is 1. The van der Waals surface area contributed by atoms with Crippen LogP contribution in [0.1, 0.15) is 17.0 Å². The van der Waals surface area contributed by atoms with Crippen LogP contribution in [0.3, 0.4) is 0 Å². The molecule has 0 aromatic heterocycles. The van der Waals surface area contributed by atoms with E-state index in [9.17, 15) is 15.4 Å². The van der Waals surface area contributed by atoms with Gasteiger partial charge < -0.3 is 15.4 Å². The van der Waals surface area contributed by atoms with E-state index < -0.39 is 10.8 Å². The summed E-state index contributed by atoms with van der Waals surface area (Å²) in [5.41, 5.74) is 8.71. The number of fused-ring (bicyclic) bond motifs is 1. The van der Waals surface area contributed by atoms with Gasteiger partial charge in [0.25, 0.3) is 5.69 Å². The molecule has 1 aliphatic rings. The Balaban J connectivity index is 2.14. The van der Waals surface area contributed by atoms with E-state index in [1.54, 1.807) is 12.1 Å². The SMILES string of the molecule is CN(C)c1ccc2c(c1)OC(N)=C(C#N)C2c1ccc([N+](=O)[O-])cc1. The lowest BCUT2D eigenvalue weighted by molar-refractivity contribution is -0.384. The van der Waals surface area contributed by atoms with Gasteiger partial charge in [-0.15, -0.1) is 0 Å². The Kier molecular flexibility index (Phi) is 4.03. The fourth-order valence-corrected chi connectivity index (χ4v) is 2.85. The fraction of sp³-hybridized carbons (Fsp3) is 0.167. The van der Waals surface area contributed by atoms with E-state index in [-0.39, 0.29) is 11.6 Å². The van der Waals surface area contributed by atoms with Crippen molar-refractivity contribution in [2.24, 2.45) is 5.73 Å². The second-order valence-corrected chi connectivity index (χ2v) is 5.89. The van der Waals surface area contributed by atoms with Gasteiger partial charge >= 0.3 is 0 Å². The predicted molar refractivity (Wildman–Crippen MR) is 93.2 cm³/mol. The first kappa shape index (κ1) is 16.3. The summed E-state index contributed by atoms with van der Waals surface area (Å²) < 4.78 is 5.64. The topological polar surface area (TPSA) is 105 Å². The van der Waals surface area contributed by atoms with Gasteiger partial charge in [0, 0.05) is 43.5 Å². The molecule has 0 saturated heterocycles. The van der Waals surface area contributed by atoms with Crippen LogP contribution < -0.4 is 15.4 Å². The quantitative estimate of drug-likeness (QED) is 0.682. The molecule has 0 fully saturated rings. The lowest BCUT2D eigenvalue weighted by atomic mass is 9.83. The van der Waals surface area contributed by atoms with Gasteiger partial charge in [-0.1, -0.05) is 18.2 Å². The molecular weight excluding hydrogens is 320 g/mol. The lowest BCUT2D eigenvalue weighted by Crippen LogP contribution is -2.21. The van der Waals surface area contributed by atoms with E-state index in [0.717, 1.165) is 16.8 Å². The highest BCUT2D eigenvalue weighted by atomic mass is 16.6. The van der Waals surface area contributed by atoms with Crippen molar-refractivity contribution in [2.75, 3.05) is 19.0 Å². The Labute approximate surface area is 144 Å². The van der Waals surface area contributed by atoms with Crippen LogP contribution in [-0.4, -0.2) is 19.0 Å². The Morgan fingerprint density at radius 3 is 2.48 bits per heavy atom. The van der Waals surface area contributed by atoms with E-state index in [2.05, 4.69) is 6.07 Å². The number of hydrogen-bond acceptors (Lipinski definition) is 6. The Morgan fingerprint density at radius 1 is 1.24 bits per heavy atom. The fourth-order valence-electron chi connectivity index (χ4n) is 2.85. The molecule has 1 atom stereocenters. The van der Waals surface area contributed by atoms with Crippen molar-refractivity contribution in [1.29, 1.82) is 5.26 Å². The third kappa shape index (κ3) is 2.85. The third-order valence-electron chi connectivity index (χ3n) is 4.16. The zero-order valence-corrected chi connectivity index (χ0v) is 13.8. The van der Waals surface area contributed by atoms with Crippen molar-refractivity contribution < 1.29 is 9.66 Å². The number of anilines is 1. The number of rotatable bonds is 3. The first-order chi connectivity index (χ1) is 11.9. The highest BCUT2D eigenvalue weighted by Gasteiger charge is 2.31. The van der Waals surface area contributed by atoms with Crippen molar-refractivity contribution in [3.05, 3.63) is 75.2 Å².